The fourth-order valence-corrected chi connectivity index (χ4v) is 3.35. The van der Waals surface area contributed by atoms with E-state index in [0.29, 0.717) is 24.7 Å². The molecule has 0 saturated carbocycles. The van der Waals surface area contributed by atoms with E-state index >= 15 is 0 Å². The lowest BCUT2D eigenvalue weighted by atomic mass is 10.1. The Balaban J connectivity index is 1.37. The van der Waals surface area contributed by atoms with Gasteiger partial charge >= 0.3 is 0 Å². The van der Waals surface area contributed by atoms with Crippen molar-refractivity contribution in [3.8, 4) is 0 Å². The molecule has 0 unspecified atom stereocenters. The van der Waals surface area contributed by atoms with Crippen molar-refractivity contribution in [1.29, 1.82) is 0 Å². The molecule has 134 valence electrons. The van der Waals surface area contributed by atoms with Crippen LogP contribution in [0.25, 0.3) is 0 Å². The molecule has 6 heteroatoms. The number of aromatic nitrogens is 2. The van der Waals surface area contributed by atoms with Crippen LogP contribution in [0.2, 0.25) is 0 Å². The van der Waals surface area contributed by atoms with Crippen LogP contribution in [0.15, 0.2) is 52.9 Å². The normalized spacial score (nSPS) is 17.7. The molecule has 2 aromatic carbocycles. The number of benzene rings is 2. The van der Waals surface area contributed by atoms with Gasteiger partial charge in [-0.05, 0) is 36.2 Å². The number of rotatable bonds is 5. The topological polar surface area (TPSA) is 42.2 Å². The summed E-state index contributed by atoms with van der Waals surface area (Å²) in [5, 5.41) is 8.37. The molecular formula is C20H19F2N3O. The lowest BCUT2D eigenvalue weighted by molar-refractivity contribution is 0.317. The molecule has 4 rings (SSSR count). The summed E-state index contributed by atoms with van der Waals surface area (Å²) in [6, 6.07) is 14.1. The lowest BCUT2D eigenvalue weighted by Gasteiger charge is -2.15. The Morgan fingerprint density at radius 2 is 1.85 bits per heavy atom. The fraction of sp³-hybridized carbons (Fsp3) is 0.300. The van der Waals surface area contributed by atoms with Crippen LogP contribution < -0.4 is 0 Å². The van der Waals surface area contributed by atoms with Crippen molar-refractivity contribution in [1.82, 2.24) is 15.1 Å². The van der Waals surface area contributed by atoms with Crippen molar-refractivity contribution in [3.05, 3.63) is 83.1 Å². The molecule has 0 N–H and O–H groups in total. The third kappa shape index (κ3) is 3.80. The number of hydrogen-bond acceptors (Lipinski definition) is 4. The predicted octanol–water partition coefficient (Wildman–Crippen LogP) is 3.93. The summed E-state index contributed by atoms with van der Waals surface area (Å²) in [5.41, 5.74) is 1.90. The van der Waals surface area contributed by atoms with Crippen LogP contribution in [0.5, 0.6) is 0 Å². The average Bonchev–Trinajstić information content (AvgIpc) is 3.29. The monoisotopic (exact) mass is 355 g/mol. The minimum Gasteiger partial charge on any atom is -0.425 e. The summed E-state index contributed by atoms with van der Waals surface area (Å²) in [5.74, 6) is -0.170. The Labute approximate surface area is 150 Å². The van der Waals surface area contributed by atoms with E-state index in [1.54, 1.807) is 6.07 Å². The molecule has 3 aromatic rings. The lowest BCUT2D eigenvalue weighted by Crippen LogP contribution is -2.20. The minimum atomic E-state index is -0.815. The largest absolute Gasteiger partial charge is 0.425 e. The Morgan fingerprint density at radius 1 is 1.00 bits per heavy atom. The van der Waals surface area contributed by atoms with Gasteiger partial charge in [-0.15, -0.1) is 10.2 Å². The highest BCUT2D eigenvalue weighted by atomic mass is 19.2. The third-order valence-electron chi connectivity index (χ3n) is 4.69. The van der Waals surface area contributed by atoms with E-state index in [0.717, 1.165) is 30.6 Å². The van der Waals surface area contributed by atoms with Crippen LogP contribution in [0.4, 0.5) is 8.78 Å². The van der Waals surface area contributed by atoms with Gasteiger partial charge in [0.2, 0.25) is 11.8 Å². The molecule has 1 aromatic heterocycles. The first-order valence-corrected chi connectivity index (χ1v) is 8.70. The molecule has 26 heavy (non-hydrogen) atoms. The van der Waals surface area contributed by atoms with Gasteiger partial charge in [0.25, 0.3) is 0 Å². The van der Waals surface area contributed by atoms with Gasteiger partial charge in [-0.3, -0.25) is 4.90 Å². The standard InChI is InChI=1S/C20H19F2N3O/c21-17-7-6-15(10-18(17)22)12-25-9-8-16(13-25)20-24-23-19(26-20)11-14-4-2-1-3-5-14/h1-7,10,16H,8-9,11-13H2/t16-/m0/s1. The van der Waals surface area contributed by atoms with Gasteiger partial charge in [0.1, 0.15) is 0 Å². The van der Waals surface area contributed by atoms with Gasteiger partial charge < -0.3 is 4.42 Å². The Bertz CT molecular complexity index is 882. The van der Waals surface area contributed by atoms with Crippen LogP contribution in [0, 0.1) is 11.6 Å². The van der Waals surface area contributed by atoms with Crippen molar-refractivity contribution in [2.24, 2.45) is 0 Å². The summed E-state index contributed by atoms with van der Waals surface area (Å²) < 4.78 is 32.2. The average molecular weight is 355 g/mol. The fourth-order valence-electron chi connectivity index (χ4n) is 3.35. The highest BCUT2D eigenvalue weighted by Gasteiger charge is 2.28. The second-order valence-electron chi connectivity index (χ2n) is 6.67. The molecular weight excluding hydrogens is 336 g/mol. The SMILES string of the molecule is Fc1ccc(CN2CC[C@H](c3nnc(Cc4ccccc4)o3)C2)cc1F. The second-order valence-corrected chi connectivity index (χ2v) is 6.67. The van der Waals surface area contributed by atoms with Crippen LogP contribution in [0.1, 0.15) is 35.2 Å². The quantitative estimate of drug-likeness (QED) is 0.695. The molecule has 0 spiro atoms. The summed E-state index contributed by atoms with van der Waals surface area (Å²) in [4.78, 5) is 2.19. The highest BCUT2D eigenvalue weighted by molar-refractivity contribution is 5.19. The molecule has 1 saturated heterocycles. The maximum absolute atomic E-state index is 13.3. The first-order chi connectivity index (χ1) is 12.7. The van der Waals surface area contributed by atoms with E-state index in [-0.39, 0.29) is 5.92 Å². The zero-order valence-corrected chi connectivity index (χ0v) is 14.2. The van der Waals surface area contributed by atoms with E-state index in [1.807, 2.05) is 30.3 Å². The number of halogens is 2. The van der Waals surface area contributed by atoms with Crippen LogP contribution in [-0.2, 0) is 13.0 Å². The van der Waals surface area contributed by atoms with Crippen molar-refractivity contribution in [3.63, 3.8) is 0 Å². The summed E-state index contributed by atoms with van der Waals surface area (Å²) in [6.07, 6.45) is 1.54. The van der Waals surface area contributed by atoms with Crippen molar-refractivity contribution >= 4 is 0 Å². The first kappa shape index (κ1) is 16.8. The molecule has 1 fully saturated rings. The summed E-state index contributed by atoms with van der Waals surface area (Å²) in [6.45, 7) is 2.21. The van der Waals surface area contributed by atoms with Crippen molar-refractivity contribution in [2.75, 3.05) is 13.1 Å². The first-order valence-electron chi connectivity index (χ1n) is 8.70. The van der Waals surface area contributed by atoms with E-state index in [2.05, 4.69) is 15.1 Å². The van der Waals surface area contributed by atoms with E-state index < -0.39 is 11.6 Å². The van der Waals surface area contributed by atoms with E-state index in [9.17, 15) is 8.78 Å². The Morgan fingerprint density at radius 3 is 2.65 bits per heavy atom. The molecule has 2 heterocycles. The van der Waals surface area contributed by atoms with Crippen LogP contribution >= 0.6 is 0 Å². The molecule has 1 aliphatic rings. The Hall–Kier alpha value is -2.60. The maximum atomic E-state index is 13.3. The second kappa shape index (κ2) is 7.33. The molecule has 4 nitrogen and oxygen atoms in total. The molecule has 0 amide bonds. The van der Waals surface area contributed by atoms with Crippen LogP contribution in [0.3, 0.4) is 0 Å². The van der Waals surface area contributed by atoms with Crippen molar-refractivity contribution < 1.29 is 13.2 Å². The number of likely N-dealkylation sites (tertiary alicyclic amines) is 1. The van der Waals surface area contributed by atoms with E-state index in [1.165, 1.54) is 12.1 Å². The molecule has 1 aliphatic heterocycles. The van der Waals surface area contributed by atoms with Gasteiger partial charge in [0.15, 0.2) is 11.6 Å². The number of hydrogen-bond donors (Lipinski definition) is 0. The van der Waals surface area contributed by atoms with Gasteiger partial charge in [0, 0.05) is 13.1 Å². The van der Waals surface area contributed by atoms with Gasteiger partial charge in [-0.25, -0.2) is 8.78 Å². The third-order valence-corrected chi connectivity index (χ3v) is 4.69. The number of nitrogens with zero attached hydrogens (tertiary/aromatic N) is 3. The molecule has 1 atom stereocenters. The summed E-state index contributed by atoms with van der Waals surface area (Å²) >= 11 is 0. The van der Waals surface area contributed by atoms with Gasteiger partial charge in [-0.2, -0.15) is 0 Å². The molecule has 0 radical (unpaired) electrons. The van der Waals surface area contributed by atoms with Gasteiger partial charge in [0.05, 0.1) is 12.3 Å². The van der Waals surface area contributed by atoms with Gasteiger partial charge in [-0.1, -0.05) is 36.4 Å². The maximum Gasteiger partial charge on any atom is 0.220 e. The zero-order chi connectivity index (χ0) is 17.9. The Kier molecular flexibility index (Phi) is 4.75. The van der Waals surface area contributed by atoms with E-state index in [4.69, 9.17) is 4.42 Å². The summed E-state index contributed by atoms with van der Waals surface area (Å²) in [7, 11) is 0. The molecule has 0 bridgehead atoms. The van der Waals surface area contributed by atoms with Crippen LogP contribution in [-0.4, -0.2) is 28.2 Å². The predicted molar refractivity (Wildman–Crippen MR) is 92.5 cm³/mol. The van der Waals surface area contributed by atoms with Crippen molar-refractivity contribution in [2.45, 2.75) is 25.3 Å². The highest BCUT2D eigenvalue weighted by Crippen LogP contribution is 2.28. The minimum absolute atomic E-state index is 0.178. The zero-order valence-electron chi connectivity index (χ0n) is 14.2. The molecule has 0 aliphatic carbocycles. The smallest absolute Gasteiger partial charge is 0.220 e.